The Labute approximate surface area is 123 Å². The first-order chi connectivity index (χ1) is 9.29. The third-order valence-electron chi connectivity index (χ3n) is 4.64. The number of nitrogens with zero attached hydrogens (tertiary/aromatic N) is 3. The van der Waals surface area contributed by atoms with Crippen molar-refractivity contribution in [2.45, 2.75) is 51.2 Å². The van der Waals surface area contributed by atoms with Gasteiger partial charge in [-0.05, 0) is 25.7 Å². The predicted octanol–water partition coefficient (Wildman–Crippen LogP) is 1.24. The molecule has 3 unspecified atom stereocenters. The van der Waals surface area contributed by atoms with Gasteiger partial charge in [-0.1, -0.05) is 6.92 Å². The fourth-order valence-corrected chi connectivity index (χ4v) is 3.06. The van der Waals surface area contributed by atoms with Crippen LogP contribution in [0.5, 0.6) is 0 Å². The van der Waals surface area contributed by atoms with E-state index in [-0.39, 0.29) is 6.04 Å². The van der Waals surface area contributed by atoms with Gasteiger partial charge in [0.05, 0.1) is 40.3 Å². The summed E-state index contributed by atoms with van der Waals surface area (Å²) in [6, 6.07) is 0.760. The van der Waals surface area contributed by atoms with Crippen LogP contribution in [0.2, 0.25) is 0 Å². The highest BCUT2D eigenvalue weighted by molar-refractivity contribution is 5.84. The van der Waals surface area contributed by atoms with E-state index in [1.54, 1.807) is 0 Å². The summed E-state index contributed by atoms with van der Waals surface area (Å²) in [5.41, 5.74) is 6.31. The molecule has 2 aliphatic rings. The van der Waals surface area contributed by atoms with Crippen molar-refractivity contribution in [2.75, 3.05) is 34.3 Å². The molecule has 20 heavy (non-hydrogen) atoms. The van der Waals surface area contributed by atoms with Gasteiger partial charge < -0.3 is 15.0 Å². The molecular weight excluding hydrogens is 252 g/mol. The molecule has 0 aromatic rings. The van der Waals surface area contributed by atoms with E-state index in [0.29, 0.717) is 24.6 Å². The molecule has 0 radical (unpaired) electrons. The topological polar surface area (TPSA) is 50.9 Å². The maximum absolute atomic E-state index is 6.31. The van der Waals surface area contributed by atoms with Crippen LogP contribution in [0.15, 0.2) is 5.10 Å². The second-order valence-electron chi connectivity index (χ2n) is 7.42. The number of hydrogen-bond donors (Lipinski definition) is 1. The second kappa shape index (κ2) is 5.90. The van der Waals surface area contributed by atoms with Gasteiger partial charge in [-0.3, -0.25) is 5.01 Å². The van der Waals surface area contributed by atoms with Crippen molar-refractivity contribution >= 4 is 5.90 Å². The average Bonchev–Trinajstić information content (AvgIpc) is 2.67. The Morgan fingerprint density at radius 2 is 2.00 bits per heavy atom. The van der Waals surface area contributed by atoms with Crippen LogP contribution in [0.4, 0.5) is 0 Å². The Bertz CT molecular complexity index is 363. The zero-order valence-corrected chi connectivity index (χ0v) is 13.7. The lowest BCUT2D eigenvalue weighted by molar-refractivity contribution is -0.870. The van der Waals surface area contributed by atoms with Crippen LogP contribution < -0.4 is 5.73 Å². The number of rotatable bonds is 4. The van der Waals surface area contributed by atoms with E-state index >= 15 is 0 Å². The molecule has 0 saturated carbocycles. The Morgan fingerprint density at radius 1 is 1.30 bits per heavy atom. The van der Waals surface area contributed by atoms with E-state index < -0.39 is 0 Å². The van der Waals surface area contributed by atoms with Gasteiger partial charge in [0.25, 0.3) is 0 Å². The van der Waals surface area contributed by atoms with Crippen LogP contribution in [0.3, 0.4) is 0 Å². The van der Waals surface area contributed by atoms with Gasteiger partial charge in [0.1, 0.15) is 6.04 Å². The zero-order chi connectivity index (χ0) is 14.9. The molecule has 0 spiro atoms. The summed E-state index contributed by atoms with van der Waals surface area (Å²) in [7, 11) is 6.59. The average molecular weight is 283 g/mol. The summed E-state index contributed by atoms with van der Waals surface area (Å²) in [5.74, 6) is 1.43. The fraction of sp³-hybridized carbons (Fsp3) is 0.933. The summed E-state index contributed by atoms with van der Waals surface area (Å²) in [4.78, 5) is 0. The quantitative estimate of drug-likeness (QED) is 0.624. The zero-order valence-electron chi connectivity index (χ0n) is 13.7. The lowest BCUT2D eigenvalue weighted by Crippen LogP contribution is -2.51. The van der Waals surface area contributed by atoms with E-state index in [4.69, 9.17) is 10.5 Å². The van der Waals surface area contributed by atoms with Gasteiger partial charge in [0.15, 0.2) is 0 Å². The maximum atomic E-state index is 6.31. The summed E-state index contributed by atoms with van der Waals surface area (Å²) >= 11 is 0. The maximum Gasteiger partial charge on any atom is 0.225 e. The highest BCUT2D eigenvalue weighted by atomic mass is 16.5. The van der Waals surface area contributed by atoms with Crippen LogP contribution in [0.25, 0.3) is 0 Å². The highest BCUT2D eigenvalue weighted by Gasteiger charge is 2.42. The van der Waals surface area contributed by atoms with Crippen molar-refractivity contribution in [1.82, 2.24) is 5.01 Å². The minimum absolute atomic E-state index is 0.0472. The Balaban J connectivity index is 1.86. The minimum atomic E-state index is -0.0472. The van der Waals surface area contributed by atoms with Crippen molar-refractivity contribution in [3.63, 3.8) is 0 Å². The molecule has 0 amide bonds. The molecular formula is C15H31N4O+. The molecule has 5 nitrogen and oxygen atoms in total. The molecule has 0 aromatic heterocycles. The molecule has 2 N–H and O–H groups in total. The molecule has 2 aliphatic heterocycles. The molecule has 0 bridgehead atoms. The summed E-state index contributed by atoms with van der Waals surface area (Å²) in [6.45, 7) is 6.35. The third-order valence-corrected chi connectivity index (χ3v) is 4.64. The smallest absolute Gasteiger partial charge is 0.225 e. The number of quaternary nitrogens is 1. The summed E-state index contributed by atoms with van der Waals surface area (Å²) in [5, 5.41) is 6.84. The number of nitrogens with two attached hydrogens (primary N) is 1. The lowest BCUT2D eigenvalue weighted by atomic mass is 9.87. The largest absolute Gasteiger partial charge is 0.478 e. The van der Waals surface area contributed by atoms with Crippen molar-refractivity contribution in [3.8, 4) is 0 Å². The summed E-state index contributed by atoms with van der Waals surface area (Å²) in [6.07, 6.45) is 3.40. The standard InChI is InChI=1S/C15H31N4O/c1-11-7-8-13-14(16)15(17-18(13)12(11)2)20-10-6-9-19(3,4)5/h11-14H,6-10,16H2,1-5H3/q+1/t11?,12?,13-,14?/m0/s1. The number of hydrogen-bond acceptors (Lipinski definition) is 4. The summed E-state index contributed by atoms with van der Waals surface area (Å²) < 4.78 is 6.82. The highest BCUT2D eigenvalue weighted by Crippen LogP contribution is 2.33. The number of hydrazone groups is 1. The van der Waals surface area contributed by atoms with Crippen LogP contribution >= 0.6 is 0 Å². The van der Waals surface area contributed by atoms with E-state index in [0.717, 1.165) is 29.8 Å². The molecule has 116 valence electrons. The van der Waals surface area contributed by atoms with E-state index in [2.05, 4.69) is 45.1 Å². The van der Waals surface area contributed by atoms with Gasteiger partial charge in [-0.15, -0.1) is 5.10 Å². The first kappa shape index (κ1) is 15.6. The van der Waals surface area contributed by atoms with Crippen molar-refractivity contribution in [1.29, 1.82) is 0 Å². The molecule has 0 aliphatic carbocycles. The third kappa shape index (κ3) is 3.44. The van der Waals surface area contributed by atoms with Gasteiger partial charge in [0.2, 0.25) is 5.90 Å². The molecule has 2 heterocycles. The predicted molar refractivity (Wildman–Crippen MR) is 82.4 cm³/mol. The minimum Gasteiger partial charge on any atom is -0.478 e. The SMILES string of the molecule is CC1CC[C@H]2C(N)C(OCCC[N+](C)(C)C)=NN2C1C. The van der Waals surface area contributed by atoms with Crippen LogP contribution in [-0.4, -0.2) is 67.8 Å². The lowest BCUT2D eigenvalue weighted by Gasteiger charge is -2.39. The Kier molecular flexibility index (Phi) is 4.59. The second-order valence-corrected chi connectivity index (χ2v) is 7.42. The molecule has 5 heteroatoms. The van der Waals surface area contributed by atoms with Gasteiger partial charge in [0, 0.05) is 12.5 Å². The fourth-order valence-electron chi connectivity index (χ4n) is 3.06. The number of piperidine rings is 1. The van der Waals surface area contributed by atoms with E-state index in [1.165, 1.54) is 6.42 Å². The van der Waals surface area contributed by atoms with E-state index in [9.17, 15) is 0 Å². The molecule has 2 rings (SSSR count). The molecule has 0 aromatic carbocycles. The van der Waals surface area contributed by atoms with Crippen LogP contribution in [-0.2, 0) is 4.74 Å². The van der Waals surface area contributed by atoms with Crippen LogP contribution in [0.1, 0.15) is 33.1 Å². The normalized spacial score (nSPS) is 33.9. The van der Waals surface area contributed by atoms with E-state index in [1.807, 2.05) is 0 Å². The molecule has 1 fully saturated rings. The number of fused-ring (bicyclic) bond motifs is 1. The van der Waals surface area contributed by atoms with Crippen LogP contribution in [0, 0.1) is 5.92 Å². The Hall–Kier alpha value is -0.810. The van der Waals surface area contributed by atoms with Gasteiger partial charge in [-0.25, -0.2) is 0 Å². The number of ether oxygens (including phenoxy) is 1. The Morgan fingerprint density at radius 3 is 2.65 bits per heavy atom. The monoisotopic (exact) mass is 283 g/mol. The first-order valence-corrected chi connectivity index (χ1v) is 7.85. The molecule has 4 atom stereocenters. The van der Waals surface area contributed by atoms with Gasteiger partial charge in [-0.2, -0.15) is 0 Å². The van der Waals surface area contributed by atoms with Crippen molar-refractivity contribution in [3.05, 3.63) is 0 Å². The van der Waals surface area contributed by atoms with Gasteiger partial charge >= 0.3 is 0 Å². The van der Waals surface area contributed by atoms with Crippen molar-refractivity contribution in [2.24, 2.45) is 16.8 Å². The van der Waals surface area contributed by atoms with Crippen molar-refractivity contribution < 1.29 is 9.22 Å². The molecule has 1 saturated heterocycles. The first-order valence-electron chi connectivity index (χ1n) is 7.85.